The Morgan fingerprint density at radius 1 is 1.35 bits per heavy atom. The molecule has 1 aromatic carbocycles. The van der Waals surface area contributed by atoms with Crippen molar-refractivity contribution in [2.75, 3.05) is 20.3 Å². The highest BCUT2D eigenvalue weighted by Gasteiger charge is 2.15. The summed E-state index contributed by atoms with van der Waals surface area (Å²) in [6.45, 7) is 2.90. The van der Waals surface area contributed by atoms with Crippen molar-refractivity contribution in [3.8, 4) is 0 Å². The maximum Gasteiger partial charge on any atom is 0.261 e. The van der Waals surface area contributed by atoms with Crippen molar-refractivity contribution in [2.45, 2.75) is 24.7 Å². The van der Waals surface area contributed by atoms with Crippen LogP contribution < -0.4 is 5.32 Å². The summed E-state index contributed by atoms with van der Waals surface area (Å²) in [5, 5.41) is 2.74. The minimum Gasteiger partial charge on any atom is -0.385 e. The topological polar surface area (TPSA) is 72.5 Å². The van der Waals surface area contributed by atoms with Crippen molar-refractivity contribution in [1.82, 2.24) is 5.32 Å². The fraction of sp³-hybridized carbons (Fsp3) is 0.462. The van der Waals surface area contributed by atoms with Gasteiger partial charge in [0.1, 0.15) is 0 Å². The van der Waals surface area contributed by atoms with Gasteiger partial charge in [0.25, 0.3) is 15.0 Å². The molecule has 0 saturated heterocycles. The van der Waals surface area contributed by atoms with E-state index in [4.69, 9.17) is 15.4 Å². The maximum atomic E-state index is 12.0. The monoisotopic (exact) mass is 319 g/mol. The lowest BCUT2D eigenvalue weighted by atomic mass is 10.1. The van der Waals surface area contributed by atoms with Crippen molar-refractivity contribution < 1.29 is 17.9 Å². The van der Waals surface area contributed by atoms with E-state index in [1.807, 2.05) is 0 Å². The number of carbonyl (C=O) groups is 1. The number of hydrogen-bond acceptors (Lipinski definition) is 4. The van der Waals surface area contributed by atoms with Gasteiger partial charge in [0.15, 0.2) is 0 Å². The third-order valence-electron chi connectivity index (χ3n) is 2.80. The molecule has 0 aliphatic carbocycles. The van der Waals surface area contributed by atoms with Gasteiger partial charge in [0.05, 0.1) is 4.90 Å². The van der Waals surface area contributed by atoms with Crippen molar-refractivity contribution in [1.29, 1.82) is 0 Å². The number of carbonyl (C=O) groups excluding carboxylic acids is 1. The zero-order chi connectivity index (χ0) is 15.2. The fourth-order valence-electron chi connectivity index (χ4n) is 1.67. The van der Waals surface area contributed by atoms with Crippen LogP contribution in [0.2, 0.25) is 0 Å². The van der Waals surface area contributed by atoms with E-state index in [-0.39, 0.29) is 10.8 Å². The summed E-state index contributed by atoms with van der Waals surface area (Å²) in [4.78, 5) is 11.9. The van der Waals surface area contributed by atoms with Gasteiger partial charge < -0.3 is 10.1 Å². The quantitative estimate of drug-likeness (QED) is 0.617. The van der Waals surface area contributed by atoms with Crippen LogP contribution in [0.15, 0.2) is 23.1 Å². The Kier molecular flexibility index (Phi) is 6.45. The number of methoxy groups -OCH3 is 1. The lowest BCUT2D eigenvalue weighted by molar-refractivity contribution is 0.0950. The zero-order valence-electron chi connectivity index (χ0n) is 11.5. The molecule has 1 N–H and O–H groups in total. The van der Waals surface area contributed by atoms with E-state index in [0.717, 1.165) is 12.8 Å². The highest BCUT2D eigenvalue weighted by molar-refractivity contribution is 8.13. The van der Waals surface area contributed by atoms with Crippen molar-refractivity contribution in [3.05, 3.63) is 29.3 Å². The summed E-state index contributed by atoms with van der Waals surface area (Å²) in [6.07, 6.45) is 1.65. The van der Waals surface area contributed by atoms with Crippen molar-refractivity contribution in [2.24, 2.45) is 0 Å². The summed E-state index contributed by atoms with van der Waals surface area (Å²) in [5.41, 5.74) is 1.02. The summed E-state index contributed by atoms with van der Waals surface area (Å²) in [5.74, 6) is -0.304. The number of hydrogen-bond donors (Lipinski definition) is 1. The molecule has 0 atom stereocenters. The number of aryl methyl sites for hydroxylation is 1. The molecule has 20 heavy (non-hydrogen) atoms. The van der Waals surface area contributed by atoms with E-state index < -0.39 is 9.05 Å². The Balaban J connectivity index is 2.72. The number of benzene rings is 1. The Morgan fingerprint density at radius 2 is 2.05 bits per heavy atom. The Morgan fingerprint density at radius 3 is 2.65 bits per heavy atom. The van der Waals surface area contributed by atoms with Crippen molar-refractivity contribution >= 4 is 25.6 Å². The normalized spacial score (nSPS) is 11.3. The molecule has 0 heterocycles. The first kappa shape index (κ1) is 16.9. The van der Waals surface area contributed by atoms with E-state index in [2.05, 4.69) is 5.32 Å². The molecule has 0 spiro atoms. The van der Waals surface area contributed by atoms with E-state index in [0.29, 0.717) is 24.3 Å². The smallest absolute Gasteiger partial charge is 0.261 e. The van der Waals surface area contributed by atoms with E-state index >= 15 is 0 Å². The molecule has 0 radical (unpaired) electrons. The molecular weight excluding hydrogens is 302 g/mol. The second kappa shape index (κ2) is 7.61. The van der Waals surface area contributed by atoms with Crippen LogP contribution in [-0.2, 0) is 13.8 Å². The summed E-state index contributed by atoms with van der Waals surface area (Å²) >= 11 is 0. The van der Waals surface area contributed by atoms with Crippen LogP contribution >= 0.6 is 10.7 Å². The minimum absolute atomic E-state index is 0.0747. The molecule has 5 nitrogen and oxygen atoms in total. The number of amides is 1. The summed E-state index contributed by atoms with van der Waals surface area (Å²) < 4.78 is 27.5. The van der Waals surface area contributed by atoms with Gasteiger partial charge in [-0.3, -0.25) is 4.79 Å². The van der Waals surface area contributed by atoms with Crippen LogP contribution in [0.3, 0.4) is 0 Å². The average molecular weight is 320 g/mol. The summed E-state index contributed by atoms with van der Waals surface area (Å²) in [6, 6.07) is 4.24. The lowest BCUT2D eigenvalue weighted by Gasteiger charge is -2.08. The molecule has 0 aromatic heterocycles. The van der Waals surface area contributed by atoms with Crippen LogP contribution in [0, 0.1) is 6.92 Å². The number of ether oxygens (including phenoxy) is 1. The van der Waals surface area contributed by atoms with Crippen LogP contribution in [-0.4, -0.2) is 34.6 Å². The van der Waals surface area contributed by atoms with E-state index in [1.54, 1.807) is 20.1 Å². The highest BCUT2D eigenvalue weighted by atomic mass is 35.7. The molecule has 1 aromatic rings. The van der Waals surface area contributed by atoms with Gasteiger partial charge in [0.2, 0.25) is 0 Å². The number of rotatable bonds is 7. The molecular formula is C13H18ClNO4S. The van der Waals surface area contributed by atoms with Gasteiger partial charge in [-0.1, -0.05) is 6.07 Å². The van der Waals surface area contributed by atoms with Gasteiger partial charge >= 0.3 is 0 Å². The van der Waals surface area contributed by atoms with Gasteiger partial charge in [-0.2, -0.15) is 0 Å². The SMILES string of the molecule is COCCCCNC(=O)c1cc(S(=O)(=O)Cl)ccc1C. The van der Waals surface area contributed by atoms with E-state index in [9.17, 15) is 13.2 Å². The molecule has 0 bridgehead atoms. The first-order valence-electron chi connectivity index (χ1n) is 6.18. The summed E-state index contributed by atoms with van der Waals surface area (Å²) in [7, 11) is 3.07. The predicted molar refractivity (Wildman–Crippen MR) is 77.7 cm³/mol. The third kappa shape index (κ3) is 5.11. The van der Waals surface area contributed by atoms with Crippen LogP contribution in [0.4, 0.5) is 0 Å². The van der Waals surface area contributed by atoms with Gasteiger partial charge in [0, 0.05) is 36.5 Å². The second-order valence-corrected chi connectivity index (χ2v) is 6.94. The minimum atomic E-state index is -3.83. The van der Waals surface area contributed by atoms with Crippen LogP contribution in [0.25, 0.3) is 0 Å². The molecule has 0 fully saturated rings. The largest absolute Gasteiger partial charge is 0.385 e. The van der Waals surface area contributed by atoms with Crippen LogP contribution in [0.5, 0.6) is 0 Å². The van der Waals surface area contributed by atoms with Gasteiger partial charge in [-0.05, 0) is 37.5 Å². The molecule has 0 saturated carbocycles. The Hall–Kier alpha value is -1.11. The van der Waals surface area contributed by atoms with E-state index in [1.165, 1.54) is 12.1 Å². The molecule has 7 heteroatoms. The average Bonchev–Trinajstić information content (AvgIpc) is 2.37. The highest BCUT2D eigenvalue weighted by Crippen LogP contribution is 2.19. The van der Waals surface area contributed by atoms with Crippen LogP contribution in [0.1, 0.15) is 28.8 Å². The number of halogens is 1. The fourth-order valence-corrected chi connectivity index (χ4v) is 2.44. The van der Waals surface area contributed by atoms with Crippen molar-refractivity contribution in [3.63, 3.8) is 0 Å². The molecule has 112 valence electrons. The first-order chi connectivity index (χ1) is 9.36. The Labute approximate surface area is 123 Å². The standard InChI is InChI=1S/C13H18ClNO4S/c1-10-5-6-11(20(14,17)18)9-12(10)13(16)15-7-3-4-8-19-2/h5-6,9H,3-4,7-8H2,1-2H3,(H,15,16). The second-order valence-electron chi connectivity index (χ2n) is 4.37. The predicted octanol–water partition coefficient (Wildman–Crippen LogP) is 2.08. The Bertz CT molecular complexity index is 572. The molecule has 0 aliphatic heterocycles. The maximum absolute atomic E-state index is 12.0. The molecule has 0 aliphatic rings. The lowest BCUT2D eigenvalue weighted by Crippen LogP contribution is -2.25. The van der Waals surface area contributed by atoms with Gasteiger partial charge in [-0.25, -0.2) is 8.42 Å². The third-order valence-corrected chi connectivity index (χ3v) is 4.15. The first-order valence-corrected chi connectivity index (χ1v) is 8.49. The number of unbranched alkanes of at least 4 members (excludes halogenated alkanes) is 1. The number of nitrogens with one attached hydrogen (secondary N) is 1. The molecule has 1 amide bonds. The zero-order valence-corrected chi connectivity index (χ0v) is 13.1. The molecule has 0 unspecified atom stereocenters. The van der Waals surface area contributed by atoms with Gasteiger partial charge in [-0.15, -0.1) is 0 Å². The molecule has 1 rings (SSSR count).